The highest BCUT2D eigenvalue weighted by molar-refractivity contribution is 5.44. The lowest BCUT2D eigenvalue weighted by molar-refractivity contribution is -0.0899. The molecule has 1 fully saturated rings. The number of aliphatic hydroxyl groups is 2. The van der Waals surface area contributed by atoms with E-state index in [1.807, 2.05) is 12.1 Å². The van der Waals surface area contributed by atoms with E-state index in [2.05, 4.69) is 18.8 Å². The third kappa shape index (κ3) is 2.14. The molecule has 0 radical (unpaired) electrons. The lowest BCUT2D eigenvalue weighted by Gasteiger charge is -2.54. The quantitative estimate of drug-likeness (QED) is 0.698. The molecule has 0 heterocycles. The number of fused-ring (bicyclic) bond motifs is 3. The van der Waals surface area contributed by atoms with Crippen LogP contribution in [-0.2, 0) is 11.8 Å². The summed E-state index contributed by atoms with van der Waals surface area (Å²) in [5, 5.41) is 31.4. The van der Waals surface area contributed by atoms with E-state index in [1.165, 1.54) is 0 Å². The second kappa shape index (κ2) is 5.30. The van der Waals surface area contributed by atoms with Gasteiger partial charge in [0.15, 0.2) is 0 Å². The summed E-state index contributed by atoms with van der Waals surface area (Å²) in [6.45, 7) is 3.83. The Balaban J connectivity index is 2.09. The third-order valence-electron chi connectivity index (χ3n) is 5.73. The normalized spacial score (nSPS) is 36.7. The zero-order valence-corrected chi connectivity index (χ0v) is 13.3. The maximum absolute atomic E-state index is 10.9. The second-order valence-electron chi connectivity index (χ2n) is 6.80. The van der Waals surface area contributed by atoms with Gasteiger partial charge in [-0.25, -0.2) is 0 Å². The maximum Gasteiger partial charge on any atom is 0.128 e. The minimum Gasteiger partial charge on any atom is -0.508 e. The number of hydrogen-bond acceptors (Lipinski definition) is 3. The standard InChI is InChI=1S/C19H24O3/c1-3-9-18(22)11-14-6-5-13-10-15(20)7-8-16(13)19(14,4-2)17(21)12-18/h7-8,10,14,17,20-22H,4-6,11-12H2,1-2H3/t14-,17-,18+,19-/m1/s1. The van der Waals surface area contributed by atoms with Gasteiger partial charge in [0, 0.05) is 11.8 Å². The van der Waals surface area contributed by atoms with E-state index in [4.69, 9.17) is 0 Å². The van der Waals surface area contributed by atoms with Crippen molar-refractivity contribution in [2.75, 3.05) is 0 Å². The molecule has 4 atom stereocenters. The number of rotatable bonds is 1. The number of aryl methyl sites for hydroxylation is 1. The second-order valence-corrected chi connectivity index (χ2v) is 6.80. The van der Waals surface area contributed by atoms with Gasteiger partial charge < -0.3 is 15.3 Å². The molecular formula is C19H24O3. The highest BCUT2D eigenvalue weighted by Gasteiger charge is 2.55. The topological polar surface area (TPSA) is 60.7 Å². The fraction of sp³-hybridized carbons (Fsp3) is 0.579. The molecule has 0 unspecified atom stereocenters. The number of phenolic OH excluding ortho intramolecular Hbond substituents is 1. The SMILES string of the molecule is CC#C[C@]1(O)C[C@H]2CCc3cc(O)ccc3[C@]2(CC)[C@H](O)C1. The van der Waals surface area contributed by atoms with Crippen LogP contribution >= 0.6 is 0 Å². The number of aliphatic hydroxyl groups excluding tert-OH is 1. The predicted octanol–water partition coefficient (Wildman–Crippen LogP) is 2.51. The zero-order chi connectivity index (χ0) is 16.0. The van der Waals surface area contributed by atoms with Gasteiger partial charge >= 0.3 is 0 Å². The summed E-state index contributed by atoms with van der Waals surface area (Å²) in [7, 11) is 0. The lowest BCUT2D eigenvalue weighted by Crippen LogP contribution is -2.57. The minimum atomic E-state index is -1.08. The van der Waals surface area contributed by atoms with Crippen LogP contribution in [-0.4, -0.2) is 27.0 Å². The van der Waals surface area contributed by atoms with Crippen molar-refractivity contribution in [2.24, 2.45) is 5.92 Å². The molecule has 118 valence electrons. The largest absolute Gasteiger partial charge is 0.508 e. The molecule has 0 spiro atoms. The Hall–Kier alpha value is -1.50. The van der Waals surface area contributed by atoms with Gasteiger partial charge in [0.1, 0.15) is 11.4 Å². The summed E-state index contributed by atoms with van der Waals surface area (Å²) in [6, 6.07) is 5.49. The van der Waals surface area contributed by atoms with Crippen LogP contribution in [0.2, 0.25) is 0 Å². The summed E-state index contributed by atoms with van der Waals surface area (Å²) in [5.74, 6) is 6.20. The van der Waals surface area contributed by atoms with Crippen LogP contribution in [0.5, 0.6) is 5.75 Å². The van der Waals surface area contributed by atoms with E-state index in [0.29, 0.717) is 12.8 Å². The molecule has 0 bridgehead atoms. The summed E-state index contributed by atoms with van der Waals surface area (Å²) in [4.78, 5) is 0. The molecule has 1 aromatic rings. The van der Waals surface area contributed by atoms with Crippen molar-refractivity contribution >= 4 is 0 Å². The van der Waals surface area contributed by atoms with Gasteiger partial charge in [0.2, 0.25) is 0 Å². The number of aromatic hydroxyl groups is 1. The van der Waals surface area contributed by atoms with E-state index in [9.17, 15) is 15.3 Å². The van der Waals surface area contributed by atoms with Crippen LogP contribution in [0, 0.1) is 17.8 Å². The van der Waals surface area contributed by atoms with Crippen molar-refractivity contribution < 1.29 is 15.3 Å². The predicted molar refractivity (Wildman–Crippen MR) is 85.5 cm³/mol. The van der Waals surface area contributed by atoms with Gasteiger partial charge in [-0.05, 0) is 61.8 Å². The summed E-state index contributed by atoms with van der Waals surface area (Å²) in [6.07, 6.45) is 2.89. The van der Waals surface area contributed by atoms with Crippen LogP contribution in [0.4, 0.5) is 0 Å². The molecular weight excluding hydrogens is 276 g/mol. The summed E-state index contributed by atoms with van der Waals surface area (Å²) in [5.41, 5.74) is 0.863. The number of phenols is 1. The minimum absolute atomic E-state index is 0.212. The van der Waals surface area contributed by atoms with Crippen molar-refractivity contribution in [3.05, 3.63) is 29.3 Å². The average Bonchev–Trinajstić information content (AvgIpc) is 2.46. The average molecular weight is 300 g/mol. The highest BCUT2D eigenvalue weighted by Crippen LogP contribution is 2.54. The molecule has 0 aromatic heterocycles. The van der Waals surface area contributed by atoms with Crippen LogP contribution in [0.1, 0.15) is 50.7 Å². The fourth-order valence-electron chi connectivity index (χ4n) is 4.83. The van der Waals surface area contributed by atoms with Crippen molar-refractivity contribution in [2.45, 2.75) is 63.1 Å². The summed E-state index contributed by atoms with van der Waals surface area (Å²) >= 11 is 0. The number of hydrogen-bond donors (Lipinski definition) is 3. The van der Waals surface area contributed by atoms with Crippen molar-refractivity contribution in [1.29, 1.82) is 0 Å². The van der Waals surface area contributed by atoms with Gasteiger partial charge in [-0.2, -0.15) is 0 Å². The molecule has 3 heteroatoms. The van der Waals surface area contributed by atoms with E-state index >= 15 is 0 Å². The Bertz CT molecular complexity index is 642. The van der Waals surface area contributed by atoms with Gasteiger partial charge in [-0.15, -0.1) is 5.92 Å². The van der Waals surface area contributed by atoms with Crippen molar-refractivity contribution in [3.63, 3.8) is 0 Å². The first kappa shape index (κ1) is 15.4. The Labute approximate surface area is 132 Å². The van der Waals surface area contributed by atoms with Crippen LogP contribution < -0.4 is 0 Å². The molecule has 22 heavy (non-hydrogen) atoms. The fourth-order valence-corrected chi connectivity index (χ4v) is 4.83. The Morgan fingerprint density at radius 3 is 2.77 bits per heavy atom. The van der Waals surface area contributed by atoms with Gasteiger partial charge in [0.05, 0.1) is 6.10 Å². The van der Waals surface area contributed by atoms with E-state index in [1.54, 1.807) is 13.0 Å². The van der Waals surface area contributed by atoms with Crippen molar-refractivity contribution in [3.8, 4) is 17.6 Å². The lowest BCUT2D eigenvalue weighted by atomic mass is 9.52. The molecule has 3 N–H and O–H groups in total. The molecule has 1 saturated carbocycles. The van der Waals surface area contributed by atoms with E-state index < -0.39 is 11.7 Å². The molecule has 0 amide bonds. The smallest absolute Gasteiger partial charge is 0.128 e. The van der Waals surface area contributed by atoms with Crippen LogP contribution in [0.15, 0.2) is 18.2 Å². The number of benzene rings is 1. The first-order valence-corrected chi connectivity index (χ1v) is 8.12. The van der Waals surface area contributed by atoms with Crippen molar-refractivity contribution in [1.82, 2.24) is 0 Å². The maximum atomic E-state index is 10.9. The molecule has 2 aliphatic carbocycles. The molecule has 3 nitrogen and oxygen atoms in total. The zero-order valence-electron chi connectivity index (χ0n) is 13.3. The highest BCUT2D eigenvalue weighted by atomic mass is 16.3. The van der Waals surface area contributed by atoms with E-state index in [0.717, 1.165) is 30.4 Å². The van der Waals surface area contributed by atoms with Gasteiger partial charge in [0.25, 0.3) is 0 Å². The first-order valence-electron chi connectivity index (χ1n) is 8.12. The molecule has 0 saturated heterocycles. The summed E-state index contributed by atoms with van der Waals surface area (Å²) < 4.78 is 0. The first-order chi connectivity index (χ1) is 10.4. The van der Waals surface area contributed by atoms with Crippen LogP contribution in [0.25, 0.3) is 0 Å². The molecule has 1 aromatic carbocycles. The van der Waals surface area contributed by atoms with E-state index in [-0.39, 0.29) is 17.1 Å². The Morgan fingerprint density at radius 2 is 2.09 bits per heavy atom. The monoisotopic (exact) mass is 300 g/mol. The van der Waals surface area contributed by atoms with Gasteiger partial charge in [-0.3, -0.25) is 0 Å². The van der Waals surface area contributed by atoms with Gasteiger partial charge in [-0.1, -0.05) is 18.9 Å². The third-order valence-corrected chi connectivity index (χ3v) is 5.73. The van der Waals surface area contributed by atoms with Crippen LogP contribution in [0.3, 0.4) is 0 Å². The molecule has 2 aliphatic rings. The Morgan fingerprint density at radius 1 is 1.32 bits per heavy atom. The molecule has 0 aliphatic heterocycles. The Kier molecular flexibility index (Phi) is 3.71. The molecule has 3 rings (SSSR count).